The summed E-state index contributed by atoms with van der Waals surface area (Å²) in [5.41, 5.74) is 2.12. The van der Waals surface area contributed by atoms with Crippen LogP contribution in [-0.4, -0.2) is 121 Å². The van der Waals surface area contributed by atoms with Gasteiger partial charge in [0.1, 0.15) is 29.6 Å². The molecule has 3 saturated heterocycles. The number of anilines is 2. The summed E-state index contributed by atoms with van der Waals surface area (Å²) >= 11 is 0. The van der Waals surface area contributed by atoms with Crippen molar-refractivity contribution in [2.24, 2.45) is 11.3 Å². The number of nitrogens with one attached hydrogen (secondary N) is 3. The van der Waals surface area contributed by atoms with E-state index in [-0.39, 0.29) is 80.7 Å². The van der Waals surface area contributed by atoms with Crippen molar-refractivity contribution in [2.45, 2.75) is 118 Å². The minimum Gasteiger partial charge on any atom is -0.489 e. The molecule has 18 nitrogen and oxygen atoms in total. The molecule has 3 atom stereocenters. The highest BCUT2D eigenvalue weighted by Gasteiger charge is 2.51. The molecule has 21 heteroatoms. The third-order valence-electron chi connectivity index (χ3n) is 16.7. The SMILES string of the molecule is CC(C)c1ccccc1[C@@H]1CN(S(=O)(=O)C2CC2)CC[C@@H]1N1CC2(CCN(c3ccc(C(=O)NS(=O)(=O)c4cc5c(c([N+](=O)[O-])c4)N[C@@H](C4CCC(C)(O)CC4)CO5)c(Oc4cnc5[nH]cc(F)c5c4)c3)CC2)C1. The van der Waals surface area contributed by atoms with Crippen LogP contribution in [0.3, 0.4) is 0 Å². The van der Waals surface area contributed by atoms with Gasteiger partial charge in [0, 0.05) is 81.3 Å². The molecule has 2 aliphatic carbocycles. The van der Waals surface area contributed by atoms with Gasteiger partial charge in [0.25, 0.3) is 21.6 Å². The molecular weight excluding hydrogens is 992 g/mol. The number of piperidine rings is 2. The van der Waals surface area contributed by atoms with E-state index >= 15 is 0 Å². The van der Waals surface area contributed by atoms with Crippen LogP contribution in [0.15, 0.2) is 78.0 Å². The van der Waals surface area contributed by atoms with Gasteiger partial charge in [-0.05, 0) is 111 Å². The fourth-order valence-electron chi connectivity index (χ4n) is 12.2. The van der Waals surface area contributed by atoms with E-state index in [0.29, 0.717) is 63.5 Å². The standard InChI is InChI=1S/C53H63FN8O10S2/c1-32(2)38-6-4-5-7-39(38)42-28-61(74(69,70)36-9-10-36)19-14-45(42)60-30-53(31-60)17-20-59(21-18-53)34-8-11-40(47(22-34)72-35-23-41-43(54)27-56-50(41)55-26-35)51(63)58-73(67,68)37-24-46(62(65)66)49-48(25-37)71-29-44(57-49)33-12-15-52(3,64)16-13-33/h4-8,11,22-27,32-33,36,42,44-45,57,64H,9-10,12-21,28-31H2,1-3H3,(H,55,56)(H,58,63)/t33?,42-,44+,45-,52?/m0/s1. The van der Waals surface area contributed by atoms with Crippen LogP contribution in [0.5, 0.6) is 17.2 Å². The van der Waals surface area contributed by atoms with Crippen LogP contribution in [0.1, 0.15) is 112 Å². The average Bonchev–Trinajstić information content (AvgIpc) is 4.18. The lowest BCUT2D eigenvalue weighted by Gasteiger charge is -2.59. The highest BCUT2D eigenvalue weighted by Crippen LogP contribution is 2.48. The third kappa shape index (κ3) is 9.69. The third-order valence-corrected chi connectivity index (χ3v) is 20.4. The van der Waals surface area contributed by atoms with Gasteiger partial charge >= 0.3 is 0 Å². The highest BCUT2D eigenvalue weighted by atomic mass is 32.2. The number of pyridine rings is 1. The van der Waals surface area contributed by atoms with Crippen LogP contribution in [0.4, 0.5) is 21.5 Å². The fraction of sp³-hybridized carbons (Fsp3) is 0.509. The Kier molecular flexibility index (Phi) is 12.9. The molecule has 2 aromatic heterocycles. The van der Waals surface area contributed by atoms with E-state index in [0.717, 1.165) is 57.3 Å². The van der Waals surface area contributed by atoms with E-state index in [1.165, 1.54) is 35.7 Å². The van der Waals surface area contributed by atoms with Crippen LogP contribution >= 0.6 is 0 Å². The summed E-state index contributed by atoms with van der Waals surface area (Å²) in [6, 6.07) is 16.7. The number of aromatic nitrogens is 2. The molecule has 3 aromatic carbocycles. The monoisotopic (exact) mass is 1050 g/mol. The quantitative estimate of drug-likeness (QED) is 0.0647. The van der Waals surface area contributed by atoms with Crippen molar-refractivity contribution < 1.29 is 45.5 Å². The molecule has 2 saturated carbocycles. The Labute approximate surface area is 430 Å². The van der Waals surface area contributed by atoms with E-state index < -0.39 is 52.9 Å². The molecule has 5 aromatic rings. The zero-order valence-corrected chi connectivity index (χ0v) is 43.4. The lowest BCUT2D eigenvalue weighted by Crippen LogP contribution is -2.65. The Morgan fingerprint density at radius 2 is 1.73 bits per heavy atom. The van der Waals surface area contributed by atoms with Crippen molar-refractivity contribution in [3.05, 3.63) is 106 Å². The minimum atomic E-state index is -4.75. The summed E-state index contributed by atoms with van der Waals surface area (Å²) in [7, 11) is -8.08. The maximum absolute atomic E-state index is 14.7. The first-order chi connectivity index (χ1) is 35.3. The number of carbonyl (C=O) groups excluding carboxylic acids is 1. The number of benzene rings is 3. The van der Waals surface area contributed by atoms with Gasteiger partial charge < -0.3 is 29.8 Å². The van der Waals surface area contributed by atoms with Crippen LogP contribution in [-0.2, 0) is 20.0 Å². The Bertz CT molecular complexity index is 3230. The van der Waals surface area contributed by atoms with Crippen LogP contribution in [0.25, 0.3) is 11.0 Å². The summed E-state index contributed by atoms with van der Waals surface area (Å²) in [6.45, 7) is 10.5. The number of sulfonamides is 2. The van der Waals surface area contributed by atoms with Gasteiger partial charge in [-0.1, -0.05) is 38.1 Å². The van der Waals surface area contributed by atoms with E-state index in [4.69, 9.17) is 9.47 Å². The largest absolute Gasteiger partial charge is 0.489 e. The zero-order chi connectivity index (χ0) is 51.9. The molecule has 0 bridgehead atoms. The first kappa shape index (κ1) is 50.3. The lowest BCUT2D eigenvalue weighted by atomic mass is 9.69. The summed E-state index contributed by atoms with van der Waals surface area (Å²) in [6.07, 6.45) is 9.04. The number of nitrogens with zero attached hydrogens (tertiary/aromatic N) is 5. The van der Waals surface area contributed by atoms with Gasteiger partial charge in [-0.25, -0.2) is 35.2 Å². The second-order valence-electron chi connectivity index (χ2n) is 22.1. The number of carbonyl (C=O) groups is 1. The number of hydrogen-bond acceptors (Lipinski definition) is 14. The predicted octanol–water partition coefficient (Wildman–Crippen LogP) is 8.01. The predicted molar refractivity (Wildman–Crippen MR) is 276 cm³/mol. The average molecular weight is 1060 g/mol. The molecule has 6 aliphatic rings. The molecule has 6 heterocycles. The molecule has 4 aliphatic heterocycles. The normalized spacial score (nSPS) is 25.5. The molecule has 4 N–H and O–H groups in total. The Hall–Kier alpha value is -5.87. The highest BCUT2D eigenvalue weighted by molar-refractivity contribution is 7.90. The van der Waals surface area contributed by atoms with Gasteiger partial charge in [0.15, 0.2) is 11.4 Å². The van der Waals surface area contributed by atoms with Crippen LogP contribution in [0, 0.1) is 27.3 Å². The number of fused-ring (bicyclic) bond motifs is 2. The van der Waals surface area contributed by atoms with Crippen LogP contribution < -0.4 is 24.4 Å². The Morgan fingerprint density at radius 1 is 0.986 bits per heavy atom. The number of hydrogen-bond donors (Lipinski definition) is 4. The molecular formula is C53H63FN8O10S2. The van der Waals surface area contributed by atoms with E-state index in [1.807, 2.05) is 0 Å². The van der Waals surface area contributed by atoms with Crippen molar-refractivity contribution in [3.63, 3.8) is 0 Å². The first-order valence-corrected chi connectivity index (χ1v) is 28.8. The van der Waals surface area contributed by atoms with E-state index in [1.54, 1.807) is 23.4 Å². The molecule has 394 valence electrons. The lowest BCUT2D eigenvalue weighted by molar-refractivity contribution is -0.384. The second kappa shape index (κ2) is 19.1. The van der Waals surface area contributed by atoms with Gasteiger partial charge in [-0.3, -0.25) is 19.8 Å². The van der Waals surface area contributed by atoms with Gasteiger partial charge in [0.05, 0.1) is 43.9 Å². The Morgan fingerprint density at radius 3 is 2.45 bits per heavy atom. The summed E-state index contributed by atoms with van der Waals surface area (Å²) in [5, 5.41) is 26.0. The number of nitro groups is 1. The fourth-order valence-corrected chi connectivity index (χ4v) is 15.1. The maximum Gasteiger partial charge on any atom is 0.297 e. The summed E-state index contributed by atoms with van der Waals surface area (Å²) < 4.78 is 86.0. The number of amides is 1. The molecule has 11 rings (SSSR count). The maximum atomic E-state index is 14.7. The Balaban J connectivity index is 0.809. The second-order valence-corrected chi connectivity index (χ2v) is 26.0. The topological polar surface area (TPSA) is 230 Å². The summed E-state index contributed by atoms with van der Waals surface area (Å²) in [4.78, 5) is 37.1. The van der Waals surface area contributed by atoms with Gasteiger partial charge in [-0.15, -0.1) is 0 Å². The number of H-pyrrole nitrogens is 1. The van der Waals surface area contributed by atoms with Crippen molar-refractivity contribution in [3.8, 4) is 17.2 Å². The number of nitro benzene ring substituents is 1. The molecule has 74 heavy (non-hydrogen) atoms. The smallest absolute Gasteiger partial charge is 0.297 e. The number of rotatable bonds is 13. The minimum absolute atomic E-state index is 0.0237. The van der Waals surface area contributed by atoms with Crippen molar-refractivity contribution in [2.75, 3.05) is 56.1 Å². The number of aliphatic hydroxyl groups is 1. The van der Waals surface area contributed by atoms with Crippen molar-refractivity contribution in [1.29, 1.82) is 0 Å². The summed E-state index contributed by atoms with van der Waals surface area (Å²) in [5.74, 6) is -1.20. The zero-order valence-electron chi connectivity index (χ0n) is 41.8. The number of likely N-dealkylation sites (tertiary alicyclic amines) is 1. The molecule has 1 spiro atoms. The first-order valence-electron chi connectivity index (χ1n) is 25.8. The van der Waals surface area contributed by atoms with E-state index in [2.05, 4.69) is 67.9 Å². The molecule has 1 amide bonds. The van der Waals surface area contributed by atoms with Gasteiger partial charge in [0.2, 0.25) is 10.0 Å². The molecule has 0 radical (unpaired) electrons. The van der Waals surface area contributed by atoms with Crippen molar-refractivity contribution >= 4 is 54.0 Å². The number of ether oxygens (including phenoxy) is 2. The molecule has 0 unspecified atom stereocenters. The van der Waals surface area contributed by atoms with Crippen LogP contribution in [0.2, 0.25) is 0 Å². The molecule has 5 fully saturated rings. The van der Waals surface area contributed by atoms with E-state index in [9.17, 15) is 41.2 Å². The van der Waals surface area contributed by atoms with Crippen molar-refractivity contribution in [1.82, 2.24) is 23.9 Å². The number of halogens is 1. The number of aromatic amines is 1. The van der Waals surface area contributed by atoms with Gasteiger partial charge in [-0.2, -0.15) is 0 Å².